The topological polar surface area (TPSA) is 131 Å². The number of likely N-dealkylation sites (N-methyl/N-ethyl adjacent to an activating group) is 1. The van der Waals surface area contributed by atoms with E-state index in [1.807, 2.05) is 0 Å². The van der Waals surface area contributed by atoms with Crippen LogP contribution < -0.4 is 10.6 Å². The van der Waals surface area contributed by atoms with E-state index in [1.165, 1.54) is 0 Å². The maximum Gasteiger partial charge on any atom is 0.237 e. The molecule has 0 bridgehead atoms. The number of carbonyl (C=O) groups excluding carboxylic acids is 1. The van der Waals surface area contributed by atoms with Gasteiger partial charge in [0.2, 0.25) is 5.91 Å². The normalized spacial score (nSPS) is 31.9. The molecule has 0 radical (unpaired) electrons. The van der Waals surface area contributed by atoms with E-state index in [9.17, 15) is 20.1 Å². The second-order valence-corrected chi connectivity index (χ2v) is 6.78. The second-order valence-electron chi connectivity index (χ2n) is 6.78. The van der Waals surface area contributed by atoms with E-state index in [-0.39, 0.29) is 5.91 Å². The number of hydrogen-bond acceptors (Lipinski definition) is 7. The Morgan fingerprint density at radius 2 is 1.75 bits per heavy atom. The van der Waals surface area contributed by atoms with Crippen LogP contribution in [0.25, 0.3) is 0 Å². The van der Waals surface area contributed by atoms with Crippen LogP contribution in [0.4, 0.5) is 0 Å². The molecule has 0 aromatic heterocycles. The molecule has 1 aliphatic heterocycles. The van der Waals surface area contributed by atoms with Crippen LogP contribution in [0.2, 0.25) is 0 Å². The van der Waals surface area contributed by atoms with Crippen molar-refractivity contribution in [3.63, 3.8) is 0 Å². The Bertz CT molecular complexity index is 382. The van der Waals surface area contributed by atoms with E-state index in [0.717, 1.165) is 19.3 Å². The number of rotatable bonds is 9. The maximum absolute atomic E-state index is 12.3. The smallest absolute Gasteiger partial charge is 0.237 e. The SMILES string of the molecule is CNC(CCCCC(C)C)C(=O)NC1[C@H](O)OC(CO)[C@@H](O)[C@H]1O. The zero-order chi connectivity index (χ0) is 18.3. The van der Waals surface area contributed by atoms with Gasteiger partial charge in [-0.3, -0.25) is 4.79 Å². The number of aliphatic hydroxyl groups is 4. The van der Waals surface area contributed by atoms with Crippen molar-refractivity contribution < 1.29 is 30.0 Å². The fourth-order valence-electron chi connectivity index (χ4n) is 2.83. The van der Waals surface area contributed by atoms with Crippen LogP contribution in [0.3, 0.4) is 0 Å². The Morgan fingerprint density at radius 1 is 1.12 bits per heavy atom. The van der Waals surface area contributed by atoms with Crippen LogP contribution in [-0.2, 0) is 9.53 Å². The molecule has 6 atom stereocenters. The molecule has 1 rings (SSSR count). The number of ether oxygens (including phenoxy) is 1. The molecule has 0 saturated carbocycles. The Balaban J connectivity index is 2.54. The molecule has 0 aromatic rings. The highest BCUT2D eigenvalue weighted by Crippen LogP contribution is 2.20. The van der Waals surface area contributed by atoms with Crippen LogP contribution in [0.15, 0.2) is 0 Å². The lowest BCUT2D eigenvalue weighted by Crippen LogP contribution is -2.65. The molecular formula is C16H32N2O6. The number of unbranched alkanes of at least 4 members (excludes halogenated alkanes) is 1. The molecule has 3 unspecified atom stereocenters. The highest BCUT2D eigenvalue weighted by atomic mass is 16.6. The molecule has 1 heterocycles. The van der Waals surface area contributed by atoms with Crippen LogP contribution in [-0.4, -0.2) is 76.7 Å². The summed E-state index contributed by atoms with van der Waals surface area (Å²) >= 11 is 0. The summed E-state index contributed by atoms with van der Waals surface area (Å²) in [6.07, 6.45) is -1.74. The lowest BCUT2D eigenvalue weighted by Gasteiger charge is -2.40. The monoisotopic (exact) mass is 348 g/mol. The fraction of sp³-hybridized carbons (Fsp3) is 0.938. The van der Waals surface area contributed by atoms with Gasteiger partial charge in [0.05, 0.1) is 12.6 Å². The van der Waals surface area contributed by atoms with Crippen LogP contribution >= 0.6 is 0 Å². The third-order valence-corrected chi connectivity index (χ3v) is 4.40. The molecule has 8 heteroatoms. The quantitative estimate of drug-likeness (QED) is 0.286. The molecule has 1 amide bonds. The van der Waals surface area contributed by atoms with Crippen LogP contribution in [0, 0.1) is 5.92 Å². The van der Waals surface area contributed by atoms with Gasteiger partial charge in [-0.05, 0) is 19.4 Å². The first kappa shape index (κ1) is 21.3. The Hall–Kier alpha value is -0.770. The van der Waals surface area contributed by atoms with Crippen molar-refractivity contribution in [3.05, 3.63) is 0 Å². The third-order valence-electron chi connectivity index (χ3n) is 4.40. The van der Waals surface area contributed by atoms with Gasteiger partial charge in [0, 0.05) is 0 Å². The summed E-state index contributed by atoms with van der Waals surface area (Å²) in [6.45, 7) is 3.77. The Morgan fingerprint density at radius 3 is 2.29 bits per heavy atom. The van der Waals surface area contributed by atoms with Gasteiger partial charge in [-0.25, -0.2) is 0 Å². The number of nitrogens with one attached hydrogen (secondary N) is 2. The second kappa shape index (κ2) is 10.3. The van der Waals surface area contributed by atoms with Crippen molar-refractivity contribution in [2.24, 2.45) is 5.92 Å². The minimum Gasteiger partial charge on any atom is -0.394 e. The number of amides is 1. The van der Waals surface area contributed by atoms with Crippen molar-refractivity contribution in [2.75, 3.05) is 13.7 Å². The first-order valence-electron chi connectivity index (χ1n) is 8.60. The van der Waals surface area contributed by atoms with Crippen molar-refractivity contribution in [1.82, 2.24) is 10.6 Å². The zero-order valence-corrected chi connectivity index (χ0v) is 14.7. The maximum atomic E-state index is 12.3. The van der Waals surface area contributed by atoms with E-state index >= 15 is 0 Å². The lowest BCUT2D eigenvalue weighted by atomic mass is 9.96. The summed E-state index contributed by atoms with van der Waals surface area (Å²) in [6, 6.07) is -1.61. The molecule has 24 heavy (non-hydrogen) atoms. The van der Waals surface area contributed by atoms with Crippen LogP contribution in [0.1, 0.15) is 39.5 Å². The minimum atomic E-state index is -1.50. The summed E-state index contributed by atoms with van der Waals surface area (Å²) in [5.41, 5.74) is 0. The van der Waals surface area contributed by atoms with Crippen molar-refractivity contribution in [2.45, 2.75) is 76.2 Å². The number of hydrogen-bond donors (Lipinski definition) is 6. The van der Waals surface area contributed by atoms with E-state index in [0.29, 0.717) is 12.3 Å². The standard InChI is InChI=1S/C16H32N2O6/c1-9(2)6-4-5-7-10(17-3)15(22)18-12-14(21)13(20)11(8-19)24-16(12)23/h9-14,16-17,19-21,23H,4-8H2,1-3H3,(H,18,22)/t10?,11?,12?,13-,14+,16-/m1/s1. The molecular weight excluding hydrogens is 316 g/mol. The van der Waals surface area contributed by atoms with Gasteiger partial charge in [0.15, 0.2) is 6.29 Å². The lowest BCUT2D eigenvalue weighted by molar-refractivity contribution is -0.254. The Labute approximate surface area is 143 Å². The molecule has 0 spiro atoms. The van der Waals surface area contributed by atoms with Gasteiger partial charge in [-0.2, -0.15) is 0 Å². The first-order valence-corrected chi connectivity index (χ1v) is 8.60. The highest BCUT2D eigenvalue weighted by molar-refractivity contribution is 5.82. The van der Waals surface area contributed by atoms with E-state index < -0.39 is 43.3 Å². The minimum absolute atomic E-state index is 0.372. The van der Waals surface area contributed by atoms with E-state index in [2.05, 4.69) is 24.5 Å². The molecule has 1 saturated heterocycles. The summed E-state index contributed by atoms with van der Waals surface area (Å²) < 4.78 is 5.03. The average molecular weight is 348 g/mol. The number of carbonyl (C=O) groups is 1. The van der Waals surface area contributed by atoms with Crippen LogP contribution in [0.5, 0.6) is 0 Å². The molecule has 1 fully saturated rings. The largest absolute Gasteiger partial charge is 0.394 e. The fourth-order valence-corrected chi connectivity index (χ4v) is 2.83. The third kappa shape index (κ3) is 5.94. The molecule has 0 aliphatic carbocycles. The summed E-state index contributed by atoms with van der Waals surface area (Å²) in [5, 5.41) is 44.3. The molecule has 0 aromatic carbocycles. The van der Waals surface area contributed by atoms with Gasteiger partial charge in [0.25, 0.3) is 0 Å². The molecule has 8 nitrogen and oxygen atoms in total. The van der Waals surface area contributed by atoms with E-state index in [4.69, 9.17) is 9.84 Å². The van der Waals surface area contributed by atoms with Crippen molar-refractivity contribution in [3.8, 4) is 0 Å². The van der Waals surface area contributed by atoms with Gasteiger partial charge in [-0.15, -0.1) is 0 Å². The van der Waals surface area contributed by atoms with Crippen molar-refractivity contribution in [1.29, 1.82) is 0 Å². The summed E-state index contributed by atoms with van der Waals surface area (Å²) in [5.74, 6) is 0.251. The van der Waals surface area contributed by atoms with Gasteiger partial charge in [0.1, 0.15) is 24.4 Å². The molecule has 142 valence electrons. The Kier molecular flexibility index (Phi) is 9.11. The highest BCUT2D eigenvalue weighted by Gasteiger charge is 2.44. The molecule has 6 N–H and O–H groups in total. The first-order chi connectivity index (χ1) is 11.3. The predicted octanol–water partition coefficient (Wildman–Crippen LogP) is -1.29. The molecule has 1 aliphatic rings. The van der Waals surface area contributed by atoms with Gasteiger partial charge < -0.3 is 35.8 Å². The summed E-state index contributed by atoms with van der Waals surface area (Å²) in [4.78, 5) is 12.3. The van der Waals surface area contributed by atoms with E-state index in [1.54, 1.807) is 7.05 Å². The summed E-state index contributed by atoms with van der Waals surface area (Å²) in [7, 11) is 1.67. The van der Waals surface area contributed by atoms with Gasteiger partial charge in [-0.1, -0.05) is 33.1 Å². The average Bonchev–Trinajstić information content (AvgIpc) is 2.54. The predicted molar refractivity (Wildman–Crippen MR) is 88.1 cm³/mol. The van der Waals surface area contributed by atoms with Crippen molar-refractivity contribution >= 4 is 5.91 Å². The zero-order valence-electron chi connectivity index (χ0n) is 14.7. The van der Waals surface area contributed by atoms with Gasteiger partial charge >= 0.3 is 0 Å². The number of aliphatic hydroxyl groups excluding tert-OH is 4.